The number of amides is 3. The van der Waals surface area contributed by atoms with Crippen molar-refractivity contribution in [2.45, 2.75) is 83.0 Å². The third-order valence-corrected chi connectivity index (χ3v) is 27.7. The van der Waals surface area contributed by atoms with Crippen molar-refractivity contribution in [3.63, 3.8) is 0 Å². The number of non-ortho nitro benzene ring substituents is 3. The van der Waals surface area contributed by atoms with Gasteiger partial charge >= 0.3 is 17.7 Å². The first-order valence-corrected chi connectivity index (χ1v) is 46.2. The molecule has 0 spiro atoms. The number of ketones is 3. The highest BCUT2D eigenvalue weighted by Gasteiger charge is 2.52. The molecular formula is C97H71F3N12O19S6. The number of aliphatic carboxylic acids is 2. The van der Waals surface area contributed by atoms with Crippen molar-refractivity contribution >= 4 is 198 Å². The summed E-state index contributed by atoms with van der Waals surface area (Å²) in [6.07, 6.45) is 0. The molecule has 31 nitrogen and oxygen atoms in total. The zero-order valence-corrected chi connectivity index (χ0v) is 76.9. The monoisotopic (exact) mass is 1960 g/mol. The average molecular weight is 1960 g/mol. The van der Waals surface area contributed by atoms with Crippen LogP contribution in [0.5, 0.6) is 0 Å². The summed E-state index contributed by atoms with van der Waals surface area (Å²) in [5.41, 5.74) is 2.96. The fraction of sp³-hybridized carbons (Fsp3) is 0.113. The number of thioether (sulfide) groups is 3. The first-order valence-electron chi connectivity index (χ1n) is 40.8. The largest absolute Gasteiger partial charge is 0.507 e. The van der Waals surface area contributed by atoms with Crippen LogP contribution in [0, 0.1) is 68.6 Å². The second-order valence-corrected chi connectivity index (χ2v) is 36.9. The van der Waals surface area contributed by atoms with E-state index < -0.39 is 115 Å². The third kappa shape index (κ3) is 21.7. The second-order valence-electron chi connectivity index (χ2n) is 30.3. The Morgan fingerprint density at radius 3 is 0.839 bits per heavy atom. The Labute approximate surface area is 799 Å². The van der Waals surface area contributed by atoms with Gasteiger partial charge in [-0.05, 0) is 121 Å². The molecule has 3 atom stereocenters. The zero-order valence-electron chi connectivity index (χ0n) is 72.0. The van der Waals surface area contributed by atoms with Gasteiger partial charge in [-0.15, -0.1) is 30.6 Å². The summed E-state index contributed by atoms with van der Waals surface area (Å²) in [6, 6.07) is 66.4. The van der Waals surface area contributed by atoms with Gasteiger partial charge < -0.3 is 25.5 Å². The number of Topliss-reactive ketones (excluding diaryl/α,β-unsaturated/α-hetero) is 3. The van der Waals surface area contributed by atoms with E-state index >= 15 is 0 Å². The van der Waals surface area contributed by atoms with Gasteiger partial charge in [0.25, 0.3) is 46.4 Å². The molecule has 3 unspecified atom stereocenters. The van der Waals surface area contributed by atoms with Gasteiger partial charge in [0, 0.05) is 84.2 Å². The van der Waals surface area contributed by atoms with Crippen LogP contribution >= 0.6 is 69.3 Å². The van der Waals surface area contributed by atoms with Gasteiger partial charge in [0.2, 0.25) is 15.4 Å². The average Bonchev–Trinajstić information content (AvgIpc) is 1.62. The minimum absolute atomic E-state index is 0.0138. The van der Waals surface area contributed by atoms with Crippen LogP contribution in [0.4, 0.5) is 45.6 Å². The van der Waals surface area contributed by atoms with Gasteiger partial charge in [0.05, 0.1) is 49.6 Å². The van der Waals surface area contributed by atoms with Crippen LogP contribution in [0.15, 0.2) is 285 Å². The van der Waals surface area contributed by atoms with Gasteiger partial charge in [-0.25, -0.2) is 13.2 Å². The number of carbonyl (C=O) groups is 8. The van der Waals surface area contributed by atoms with E-state index in [0.717, 1.165) is 130 Å². The van der Waals surface area contributed by atoms with Crippen molar-refractivity contribution in [3.05, 3.63) is 386 Å². The van der Waals surface area contributed by atoms with Gasteiger partial charge in [0.1, 0.15) is 34.7 Å². The molecule has 137 heavy (non-hydrogen) atoms. The molecule has 3 amide bonds. The van der Waals surface area contributed by atoms with E-state index in [-0.39, 0.29) is 82.6 Å². The lowest BCUT2D eigenvalue weighted by Crippen LogP contribution is -2.29. The van der Waals surface area contributed by atoms with Crippen molar-refractivity contribution < 1.29 is 91.8 Å². The lowest BCUT2D eigenvalue weighted by molar-refractivity contribution is -0.385. The van der Waals surface area contributed by atoms with Crippen molar-refractivity contribution in [1.29, 1.82) is 0 Å². The van der Waals surface area contributed by atoms with Crippen molar-refractivity contribution in [1.82, 2.24) is 30.6 Å². The number of hydrogen-bond acceptors (Lipinski definition) is 29. The lowest BCUT2D eigenvalue weighted by atomic mass is 9.95. The molecule has 3 aliphatic rings. The maximum atomic E-state index is 14.4. The number of nitro benzene ring substituents is 3. The second kappa shape index (κ2) is 42.6. The molecule has 3 saturated heterocycles. The molecule has 3 fully saturated rings. The lowest BCUT2D eigenvalue weighted by Gasteiger charge is -2.22. The number of aliphatic hydroxyl groups excluding tert-OH is 3. The Balaban J connectivity index is 0.000000158. The van der Waals surface area contributed by atoms with E-state index in [1.165, 1.54) is 144 Å². The molecule has 690 valence electrons. The van der Waals surface area contributed by atoms with Crippen LogP contribution in [-0.2, 0) is 55.6 Å². The molecule has 3 aromatic heterocycles. The Hall–Kier alpha value is -15.9. The zero-order chi connectivity index (χ0) is 97.9. The fourth-order valence-corrected chi connectivity index (χ4v) is 20.5. The summed E-state index contributed by atoms with van der Waals surface area (Å²) in [5, 5.41) is 115. The van der Waals surface area contributed by atoms with Crippen LogP contribution < -0.4 is 14.7 Å². The molecule has 0 saturated carbocycles. The van der Waals surface area contributed by atoms with Crippen molar-refractivity contribution in [2.75, 3.05) is 14.7 Å². The number of fused-ring (bicyclic) bond motifs is 3. The number of aliphatic hydroxyl groups is 3. The first-order chi connectivity index (χ1) is 65.6. The minimum Gasteiger partial charge on any atom is -0.507 e. The number of nitro groups is 3. The molecule has 15 aromatic rings. The number of nitrogens with zero attached hydrogens (tertiary/aromatic N) is 12. The number of carboxylic acid groups (broad SMARTS) is 2. The summed E-state index contributed by atoms with van der Waals surface area (Å²) in [5.74, 6) is -9.67. The highest BCUT2D eigenvalue weighted by atomic mass is 32.2. The van der Waals surface area contributed by atoms with Crippen LogP contribution in [0.25, 0.3) is 49.6 Å². The highest BCUT2D eigenvalue weighted by molar-refractivity contribution is 8.00. The quantitative estimate of drug-likeness (QED) is 0.00848. The highest BCUT2D eigenvalue weighted by Crippen LogP contribution is 2.50. The van der Waals surface area contributed by atoms with E-state index in [2.05, 4.69) is 30.6 Å². The van der Waals surface area contributed by atoms with Crippen LogP contribution in [0.3, 0.4) is 0 Å². The number of aromatic nitrogens is 6. The summed E-state index contributed by atoms with van der Waals surface area (Å²) in [6.45, 7) is 6.81. The summed E-state index contributed by atoms with van der Waals surface area (Å²) < 4.78 is 44.8. The number of aryl methyl sites for hydroxylation is 3. The number of hydrogen-bond donors (Lipinski definition) is 5. The maximum Gasteiger partial charge on any atom is 0.301 e. The minimum atomic E-state index is -1.27. The standard InChI is InChI=1S/3C31H21FN4O5S2.2C2H4O2/c3*1-17-12-13-20(15-24(17)32)27(37)25-26(19-8-5-10-22(14-19)36(40)41)35(29(39)28(25)38)30-33-34-31(43-30)42-16-21-9-4-7-18-6-2-3-11-23(18)21;2*1-2(3)4/h3*2-15,26,37H,16H2,1H3;2*1H3,(H,3,4). The number of anilines is 3. The Morgan fingerprint density at radius 1 is 0.350 bits per heavy atom. The Morgan fingerprint density at radius 2 is 0.591 bits per heavy atom. The van der Waals surface area contributed by atoms with E-state index in [4.69, 9.17) is 19.8 Å². The Kier molecular flexibility index (Phi) is 30.2. The summed E-state index contributed by atoms with van der Waals surface area (Å²) in [7, 11) is 0. The normalized spacial score (nSPS) is 15.6. The molecule has 0 radical (unpaired) electrons. The molecular weight excluding hydrogens is 1890 g/mol. The Bertz CT molecular complexity index is 6810. The van der Waals surface area contributed by atoms with Crippen molar-refractivity contribution in [2.24, 2.45) is 0 Å². The smallest absolute Gasteiger partial charge is 0.301 e. The molecule has 0 aliphatic carbocycles. The fourth-order valence-electron chi connectivity index (χ4n) is 14.9. The number of benzene rings is 12. The number of carboxylic acids is 2. The predicted molar refractivity (Wildman–Crippen MR) is 514 cm³/mol. The molecule has 40 heteroatoms. The van der Waals surface area contributed by atoms with Crippen molar-refractivity contribution in [3.8, 4) is 0 Å². The van der Waals surface area contributed by atoms with Gasteiger partial charge in [-0.3, -0.25) is 83.4 Å². The predicted octanol–water partition coefficient (Wildman–Crippen LogP) is 21.1. The molecule has 3 aliphatic heterocycles. The van der Waals surface area contributed by atoms with Crippen LogP contribution in [0.1, 0.15) is 98.7 Å². The van der Waals surface area contributed by atoms with E-state index in [1.54, 1.807) is 20.8 Å². The summed E-state index contributed by atoms with van der Waals surface area (Å²) in [4.78, 5) is 135. The van der Waals surface area contributed by atoms with E-state index in [1.807, 2.05) is 127 Å². The molecule has 5 N–H and O–H groups in total. The SMILES string of the molecule is CC(=O)O.CC(=O)O.Cc1ccc(C(O)=C2C(=O)C(=O)N(c3nnc(SCc4cccc5ccccc45)s3)C2c2cccc([N+](=O)[O-])c2)cc1F.Cc1ccc(C(O)=C2C(=O)C(=O)N(c3nnc(SCc4cccc5ccccc45)s3)C2c2cccc([N+](=O)[O-])c2)cc1F.Cc1ccc(C(O)=C2C(=O)C(=O)N(c3nnc(SCc4cccc5ccccc45)s3)C2c2cccc([N+](=O)[O-])c2)cc1F. The number of rotatable bonds is 21. The van der Waals surface area contributed by atoms with Gasteiger partial charge in [0.15, 0.2) is 13.0 Å². The van der Waals surface area contributed by atoms with Crippen LogP contribution in [-0.4, -0.2) is 118 Å². The topological polar surface area (TPSA) is 454 Å². The number of halogens is 3. The van der Waals surface area contributed by atoms with Gasteiger partial charge in [-0.1, -0.05) is 269 Å². The van der Waals surface area contributed by atoms with Crippen LogP contribution in [0.2, 0.25) is 0 Å². The molecule has 18 rings (SSSR count). The van der Waals surface area contributed by atoms with E-state index in [0.29, 0.717) is 47.0 Å². The summed E-state index contributed by atoms with van der Waals surface area (Å²) >= 11 is 7.47. The maximum absolute atomic E-state index is 14.4. The molecule has 6 heterocycles. The third-order valence-electron chi connectivity index (χ3n) is 21.4. The molecule has 0 bridgehead atoms. The molecule has 12 aromatic carbocycles. The first kappa shape index (κ1) is 97.2. The number of carbonyl (C=O) groups excluding carboxylic acids is 6. The van der Waals surface area contributed by atoms with Gasteiger partial charge in [-0.2, -0.15) is 0 Å². The van der Waals surface area contributed by atoms with E-state index in [9.17, 15) is 87.6 Å².